The van der Waals surface area contributed by atoms with Crippen molar-refractivity contribution < 1.29 is 5.11 Å². The summed E-state index contributed by atoms with van der Waals surface area (Å²) in [5.41, 5.74) is 1.25. The van der Waals surface area contributed by atoms with Crippen LogP contribution in [0.3, 0.4) is 0 Å². The highest BCUT2D eigenvalue weighted by Gasteiger charge is 2.27. The van der Waals surface area contributed by atoms with E-state index in [9.17, 15) is 5.11 Å². The number of aromatic nitrogens is 1. The van der Waals surface area contributed by atoms with E-state index in [1.807, 2.05) is 24.7 Å². The van der Waals surface area contributed by atoms with Gasteiger partial charge in [0.2, 0.25) is 0 Å². The molecule has 2 N–H and O–H groups in total. The summed E-state index contributed by atoms with van der Waals surface area (Å²) in [7, 11) is 2.02. The van der Waals surface area contributed by atoms with Gasteiger partial charge in [0.25, 0.3) is 0 Å². The zero-order valence-electron chi connectivity index (χ0n) is 10.8. The third-order valence-corrected chi connectivity index (χ3v) is 3.57. The highest BCUT2D eigenvalue weighted by Crippen LogP contribution is 2.24. The van der Waals surface area contributed by atoms with Crippen LogP contribution in [0.2, 0.25) is 0 Å². The zero-order chi connectivity index (χ0) is 12.2. The second-order valence-electron chi connectivity index (χ2n) is 4.97. The van der Waals surface area contributed by atoms with Crippen molar-refractivity contribution in [3.63, 3.8) is 0 Å². The number of aryl methyl sites for hydroxylation is 1. The number of aliphatic hydroxyl groups is 1. The molecular formula is C13H24N2O. The van der Waals surface area contributed by atoms with Crippen molar-refractivity contribution in [1.29, 1.82) is 0 Å². The lowest BCUT2D eigenvalue weighted by atomic mass is 9.82. The maximum Gasteiger partial charge on any atom is 0.0577 e. The highest BCUT2D eigenvalue weighted by atomic mass is 16.3. The molecule has 0 spiro atoms. The second-order valence-corrected chi connectivity index (χ2v) is 4.97. The van der Waals surface area contributed by atoms with Crippen LogP contribution in [0.15, 0.2) is 18.5 Å². The van der Waals surface area contributed by atoms with Crippen molar-refractivity contribution in [2.24, 2.45) is 12.5 Å². The first-order valence-corrected chi connectivity index (χ1v) is 5.97. The first kappa shape index (κ1) is 13.3. The molecule has 0 bridgehead atoms. The summed E-state index contributed by atoms with van der Waals surface area (Å²) >= 11 is 0. The fourth-order valence-corrected chi connectivity index (χ4v) is 1.73. The Balaban J connectivity index is 2.39. The standard InChI is InChI=1S/C13H24N2O/c1-5-13(3,11(2)16)10-14-8-12-6-7-15(4)9-12/h6-7,9,11,14,16H,5,8,10H2,1-4H3. The molecule has 1 aromatic heterocycles. The molecule has 0 amide bonds. The lowest BCUT2D eigenvalue weighted by molar-refractivity contribution is 0.0489. The van der Waals surface area contributed by atoms with Gasteiger partial charge in [0.15, 0.2) is 0 Å². The number of rotatable bonds is 6. The van der Waals surface area contributed by atoms with Gasteiger partial charge in [-0.1, -0.05) is 13.8 Å². The smallest absolute Gasteiger partial charge is 0.0577 e. The van der Waals surface area contributed by atoms with E-state index in [0.29, 0.717) is 0 Å². The van der Waals surface area contributed by atoms with Crippen LogP contribution < -0.4 is 5.32 Å². The maximum atomic E-state index is 9.73. The lowest BCUT2D eigenvalue weighted by Crippen LogP contribution is -2.39. The van der Waals surface area contributed by atoms with Crippen molar-refractivity contribution in [3.8, 4) is 0 Å². The van der Waals surface area contributed by atoms with Gasteiger partial charge in [-0.05, 0) is 25.0 Å². The largest absolute Gasteiger partial charge is 0.393 e. The second kappa shape index (κ2) is 5.51. The monoisotopic (exact) mass is 224 g/mol. The average molecular weight is 224 g/mol. The lowest BCUT2D eigenvalue weighted by Gasteiger charge is -2.31. The van der Waals surface area contributed by atoms with E-state index < -0.39 is 0 Å². The molecule has 0 aromatic carbocycles. The number of hydrogen-bond acceptors (Lipinski definition) is 2. The molecule has 3 nitrogen and oxygen atoms in total. The van der Waals surface area contributed by atoms with Crippen LogP contribution in [0.25, 0.3) is 0 Å². The summed E-state index contributed by atoms with van der Waals surface area (Å²) in [5.74, 6) is 0. The van der Waals surface area contributed by atoms with E-state index in [2.05, 4.69) is 31.4 Å². The fraction of sp³-hybridized carbons (Fsp3) is 0.692. The summed E-state index contributed by atoms with van der Waals surface area (Å²) in [6.45, 7) is 7.82. The van der Waals surface area contributed by atoms with E-state index in [-0.39, 0.29) is 11.5 Å². The number of aliphatic hydroxyl groups excluding tert-OH is 1. The Kier molecular flexibility index (Phi) is 4.56. The SMILES string of the molecule is CCC(C)(CNCc1ccn(C)c1)C(C)O. The molecule has 0 fully saturated rings. The molecule has 0 aliphatic rings. The Labute approximate surface area is 98.5 Å². The van der Waals surface area contributed by atoms with Gasteiger partial charge < -0.3 is 15.0 Å². The van der Waals surface area contributed by atoms with Crippen molar-refractivity contribution in [2.45, 2.75) is 39.8 Å². The molecule has 1 heterocycles. The molecule has 0 aliphatic heterocycles. The molecule has 0 saturated heterocycles. The van der Waals surface area contributed by atoms with Gasteiger partial charge in [-0.25, -0.2) is 0 Å². The summed E-state index contributed by atoms with van der Waals surface area (Å²) in [6, 6.07) is 2.11. The van der Waals surface area contributed by atoms with Gasteiger partial charge >= 0.3 is 0 Å². The predicted molar refractivity (Wildman–Crippen MR) is 67.2 cm³/mol. The van der Waals surface area contributed by atoms with Crippen molar-refractivity contribution in [1.82, 2.24) is 9.88 Å². The minimum Gasteiger partial charge on any atom is -0.393 e. The first-order valence-electron chi connectivity index (χ1n) is 5.97. The van der Waals surface area contributed by atoms with Crippen LogP contribution in [0.1, 0.15) is 32.8 Å². The summed E-state index contributed by atoms with van der Waals surface area (Å²) in [4.78, 5) is 0. The van der Waals surface area contributed by atoms with Gasteiger partial charge in [-0.15, -0.1) is 0 Å². The highest BCUT2D eigenvalue weighted by molar-refractivity contribution is 5.09. The van der Waals surface area contributed by atoms with E-state index in [1.165, 1.54) is 5.56 Å². The van der Waals surface area contributed by atoms with Crippen LogP contribution in [-0.4, -0.2) is 22.3 Å². The molecule has 0 radical (unpaired) electrons. The number of nitrogens with zero attached hydrogens (tertiary/aromatic N) is 1. The van der Waals surface area contributed by atoms with Crippen molar-refractivity contribution in [3.05, 3.63) is 24.0 Å². The summed E-state index contributed by atoms with van der Waals surface area (Å²) < 4.78 is 2.05. The van der Waals surface area contributed by atoms with Crippen molar-refractivity contribution in [2.75, 3.05) is 6.54 Å². The summed E-state index contributed by atoms with van der Waals surface area (Å²) in [5, 5.41) is 13.1. The Morgan fingerprint density at radius 3 is 2.69 bits per heavy atom. The van der Waals surface area contributed by atoms with E-state index in [0.717, 1.165) is 19.5 Å². The Hall–Kier alpha value is -0.800. The van der Waals surface area contributed by atoms with Gasteiger partial charge in [-0.2, -0.15) is 0 Å². The molecule has 92 valence electrons. The third kappa shape index (κ3) is 3.35. The third-order valence-electron chi connectivity index (χ3n) is 3.57. The predicted octanol–water partition coefficient (Wildman–Crippen LogP) is 1.91. The molecule has 1 aromatic rings. The maximum absolute atomic E-state index is 9.73. The minimum absolute atomic E-state index is 0.0330. The minimum atomic E-state index is -0.277. The zero-order valence-corrected chi connectivity index (χ0v) is 10.8. The Bertz CT molecular complexity index is 319. The normalized spacial score (nSPS) is 17.1. The molecule has 3 heteroatoms. The first-order chi connectivity index (χ1) is 7.48. The molecular weight excluding hydrogens is 200 g/mol. The van der Waals surface area contributed by atoms with Crippen LogP contribution in [0, 0.1) is 5.41 Å². The Morgan fingerprint density at radius 1 is 1.56 bits per heavy atom. The van der Waals surface area contributed by atoms with Gasteiger partial charge in [-0.3, -0.25) is 0 Å². The number of hydrogen-bond donors (Lipinski definition) is 2. The summed E-state index contributed by atoms with van der Waals surface area (Å²) in [6.07, 6.45) is 4.86. The molecule has 16 heavy (non-hydrogen) atoms. The van der Waals surface area contributed by atoms with E-state index in [4.69, 9.17) is 0 Å². The van der Waals surface area contributed by atoms with Gasteiger partial charge in [0.1, 0.15) is 0 Å². The topological polar surface area (TPSA) is 37.2 Å². The molecule has 0 saturated carbocycles. The molecule has 0 aliphatic carbocycles. The van der Waals surface area contributed by atoms with Gasteiger partial charge in [0, 0.05) is 37.9 Å². The fourth-order valence-electron chi connectivity index (χ4n) is 1.73. The number of nitrogens with one attached hydrogen (secondary N) is 1. The van der Waals surface area contributed by atoms with E-state index in [1.54, 1.807) is 0 Å². The van der Waals surface area contributed by atoms with Crippen LogP contribution in [-0.2, 0) is 13.6 Å². The average Bonchev–Trinajstić information content (AvgIpc) is 2.63. The van der Waals surface area contributed by atoms with Crippen LogP contribution in [0.4, 0.5) is 0 Å². The Morgan fingerprint density at radius 2 is 2.25 bits per heavy atom. The van der Waals surface area contributed by atoms with Crippen LogP contribution >= 0.6 is 0 Å². The molecule has 2 atom stereocenters. The quantitative estimate of drug-likeness (QED) is 0.774. The van der Waals surface area contributed by atoms with Gasteiger partial charge in [0.05, 0.1) is 6.10 Å². The van der Waals surface area contributed by atoms with Crippen molar-refractivity contribution >= 4 is 0 Å². The molecule has 2 unspecified atom stereocenters. The molecule has 1 rings (SSSR count). The van der Waals surface area contributed by atoms with E-state index >= 15 is 0 Å². The van der Waals surface area contributed by atoms with Crippen LogP contribution in [0.5, 0.6) is 0 Å².